The molecule has 1 aliphatic rings. The lowest BCUT2D eigenvalue weighted by molar-refractivity contribution is 0.0999. The van der Waals surface area contributed by atoms with Crippen LogP contribution in [0, 0.1) is 6.92 Å². The van der Waals surface area contributed by atoms with E-state index in [0.29, 0.717) is 12.1 Å². The molecule has 2 N–H and O–H groups in total. The van der Waals surface area contributed by atoms with Crippen molar-refractivity contribution in [1.82, 2.24) is 4.57 Å². The number of hydrogen-bond acceptors (Lipinski definition) is 3. The summed E-state index contributed by atoms with van der Waals surface area (Å²) in [6.07, 6.45) is 0. The number of fused-ring (bicyclic) bond motifs is 1. The first-order valence-corrected chi connectivity index (χ1v) is 8.96. The van der Waals surface area contributed by atoms with Gasteiger partial charge in [0.05, 0.1) is 5.56 Å². The van der Waals surface area contributed by atoms with Crippen molar-refractivity contribution in [1.29, 1.82) is 0 Å². The number of halogens is 1. The van der Waals surface area contributed by atoms with Gasteiger partial charge in [-0.3, -0.25) is 4.79 Å². The summed E-state index contributed by atoms with van der Waals surface area (Å²) in [5.74, 6) is 1.07. The maximum absolute atomic E-state index is 11.9. The van der Waals surface area contributed by atoms with Crippen molar-refractivity contribution in [2.24, 2.45) is 5.73 Å². The fourth-order valence-electron chi connectivity index (χ4n) is 3.21. The molecule has 26 heavy (non-hydrogen) atoms. The molecule has 2 heterocycles. The first-order valence-electron chi connectivity index (χ1n) is 8.17. The molecule has 0 bridgehead atoms. The van der Waals surface area contributed by atoms with Crippen molar-refractivity contribution in [3.8, 4) is 22.8 Å². The van der Waals surface area contributed by atoms with Gasteiger partial charge < -0.3 is 19.8 Å². The van der Waals surface area contributed by atoms with E-state index in [-0.39, 0.29) is 6.79 Å². The van der Waals surface area contributed by atoms with Gasteiger partial charge in [0, 0.05) is 22.4 Å². The molecule has 4 rings (SSSR count). The molecule has 132 valence electrons. The smallest absolute Gasteiger partial charge is 0.250 e. The van der Waals surface area contributed by atoms with Crippen LogP contribution in [-0.2, 0) is 6.54 Å². The second-order valence-electron chi connectivity index (χ2n) is 6.18. The number of carbonyl (C=O) groups excluding carboxylic acids is 1. The van der Waals surface area contributed by atoms with E-state index in [1.165, 1.54) is 0 Å². The average molecular weight is 413 g/mol. The van der Waals surface area contributed by atoms with Crippen molar-refractivity contribution >= 4 is 21.8 Å². The quantitative estimate of drug-likeness (QED) is 0.701. The van der Waals surface area contributed by atoms with Crippen LogP contribution >= 0.6 is 15.9 Å². The number of hydrogen-bond donors (Lipinski definition) is 1. The second kappa shape index (κ2) is 6.53. The highest BCUT2D eigenvalue weighted by molar-refractivity contribution is 9.10. The Hall–Kier alpha value is -2.73. The van der Waals surface area contributed by atoms with Crippen LogP contribution in [0.15, 0.2) is 53.0 Å². The topological polar surface area (TPSA) is 66.5 Å². The number of amides is 1. The van der Waals surface area contributed by atoms with Gasteiger partial charge in [0.15, 0.2) is 11.5 Å². The maximum atomic E-state index is 11.9. The number of nitrogens with two attached hydrogens (primary N) is 1. The van der Waals surface area contributed by atoms with E-state index in [4.69, 9.17) is 15.2 Å². The van der Waals surface area contributed by atoms with Crippen LogP contribution in [0.25, 0.3) is 11.3 Å². The Morgan fingerprint density at radius 2 is 1.96 bits per heavy atom. The number of rotatable bonds is 4. The molecule has 1 amide bonds. The van der Waals surface area contributed by atoms with Crippen LogP contribution in [0.3, 0.4) is 0 Å². The lowest BCUT2D eigenvalue weighted by atomic mass is 10.1. The molecule has 0 atom stereocenters. The van der Waals surface area contributed by atoms with Gasteiger partial charge in [-0.25, -0.2) is 0 Å². The van der Waals surface area contributed by atoms with Crippen LogP contribution in [0.5, 0.6) is 11.5 Å². The molecule has 6 heteroatoms. The minimum absolute atomic E-state index is 0.246. The Morgan fingerprint density at radius 1 is 1.15 bits per heavy atom. The van der Waals surface area contributed by atoms with Gasteiger partial charge in [0.2, 0.25) is 6.79 Å². The molecule has 0 aliphatic carbocycles. The third kappa shape index (κ3) is 2.97. The standard InChI is InChI=1S/C20H17BrN2O3/c1-12-16(20(22)24)9-17(14-3-2-4-15(21)8-14)23(12)10-13-5-6-18-19(7-13)26-11-25-18/h2-9H,10-11H2,1H3,(H2,22,24). The zero-order valence-electron chi connectivity index (χ0n) is 14.2. The molecule has 0 spiro atoms. The average Bonchev–Trinajstić information content (AvgIpc) is 3.20. The van der Waals surface area contributed by atoms with Gasteiger partial charge in [0.25, 0.3) is 5.91 Å². The van der Waals surface area contributed by atoms with Gasteiger partial charge in [-0.15, -0.1) is 0 Å². The monoisotopic (exact) mass is 412 g/mol. The summed E-state index contributed by atoms with van der Waals surface area (Å²) in [5, 5.41) is 0. The molecule has 0 fully saturated rings. The first kappa shape index (κ1) is 16.7. The molecule has 3 aromatic rings. The van der Waals surface area contributed by atoms with Crippen LogP contribution < -0.4 is 15.2 Å². The largest absolute Gasteiger partial charge is 0.454 e. The second-order valence-corrected chi connectivity index (χ2v) is 7.09. The number of carbonyl (C=O) groups is 1. The first-order chi connectivity index (χ1) is 12.5. The molecule has 0 radical (unpaired) electrons. The number of benzene rings is 2. The van der Waals surface area contributed by atoms with Crippen LogP contribution in [0.4, 0.5) is 0 Å². The summed E-state index contributed by atoms with van der Waals surface area (Å²) in [4.78, 5) is 11.9. The molecule has 0 saturated heterocycles. The summed E-state index contributed by atoms with van der Waals surface area (Å²) in [5.41, 5.74) is 9.95. The van der Waals surface area contributed by atoms with Gasteiger partial charge in [-0.05, 0) is 48.4 Å². The Morgan fingerprint density at radius 3 is 2.73 bits per heavy atom. The lowest BCUT2D eigenvalue weighted by Gasteiger charge is -2.13. The van der Waals surface area contributed by atoms with E-state index >= 15 is 0 Å². The number of nitrogens with zero attached hydrogens (tertiary/aromatic N) is 1. The Bertz CT molecular complexity index is 1010. The zero-order chi connectivity index (χ0) is 18.3. The van der Waals surface area contributed by atoms with E-state index in [9.17, 15) is 4.79 Å². The van der Waals surface area contributed by atoms with Gasteiger partial charge in [0.1, 0.15) is 0 Å². The SMILES string of the molecule is Cc1c(C(N)=O)cc(-c2cccc(Br)c2)n1Cc1ccc2c(c1)OCO2. The lowest BCUT2D eigenvalue weighted by Crippen LogP contribution is -2.12. The number of primary amides is 1. The molecule has 1 aliphatic heterocycles. The summed E-state index contributed by atoms with van der Waals surface area (Å²) in [6.45, 7) is 2.75. The van der Waals surface area contributed by atoms with Gasteiger partial charge >= 0.3 is 0 Å². The minimum Gasteiger partial charge on any atom is -0.454 e. The molecule has 0 saturated carbocycles. The van der Waals surface area contributed by atoms with Crippen molar-refractivity contribution in [2.45, 2.75) is 13.5 Å². The van der Waals surface area contributed by atoms with Crippen molar-refractivity contribution < 1.29 is 14.3 Å². The van der Waals surface area contributed by atoms with Crippen LogP contribution in [0.1, 0.15) is 21.6 Å². The molecular formula is C20H17BrN2O3. The number of ether oxygens (including phenoxy) is 2. The fourth-order valence-corrected chi connectivity index (χ4v) is 3.61. The molecular weight excluding hydrogens is 396 g/mol. The van der Waals surface area contributed by atoms with Gasteiger partial charge in [-0.1, -0.05) is 34.1 Å². The van der Waals surface area contributed by atoms with Crippen molar-refractivity contribution in [3.05, 3.63) is 69.8 Å². The predicted molar refractivity (Wildman–Crippen MR) is 102 cm³/mol. The van der Waals surface area contributed by atoms with E-state index in [2.05, 4.69) is 20.5 Å². The summed E-state index contributed by atoms with van der Waals surface area (Å²) in [6, 6.07) is 15.7. The molecule has 5 nitrogen and oxygen atoms in total. The highest BCUT2D eigenvalue weighted by Gasteiger charge is 2.19. The normalized spacial score (nSPS) is 12.4. The van der Waals surface area contributed by atoms with E-state index in [1.807, 2.05) is 55.5 Å². The summed E-state index contributed by atoms with van der Waals surface area (Å²) in [7, 11) is 0. The maximum Gasteiger partial charge on any atom is 0.250 e. The van der Waals surface area contributed by atoms with Gasteiger partial charge in [-0.2, -0.15) is 0 Å². The predicted octanol–water partition coefficient (Wildman–Crippen LogP) is 4.10. The van der Waals surface area contributed by atoms with Crippen molar-refractivity contribution in [3.63, 3.8) is 0 Å². The Labute approximate surface area is 159 Å². The molecule has 0 unspecified atom stereocenters. The van der Waals surface area contributed by atoms with Crippen LogP contribution in [-0.4, -0.2) is 17.3 Å². The third-order valence-corrected chi connectivity index (χ3v) is 5.02. The van der Waals surface area contributed by atoms with E-state index in [1.54, 1.807) is 0 Å². The molecule has 2 aromatic carbocycles. The van der Waals surface area contributed by atoms with E-state index in [0.717, 1.165) is 38.5 Å². The number of aromatic nitrogens is 1. The Kier molecular flexibility index (Phi) is 4.20. The highest BCUT2D eigenvalue weighted by Crippen LogP contribution is 2.34. The molecule has 1 aromatic heterocycles. The summed E-state index contributed by atoms with van der Waals surface area (Å²) < 4.78 is 13.9. The van der Waals surface area contributed by atoms with Crippen LogP contribution in [0.2, 0.25) is 0 Å². The van der Waals surface area contributed by atoms with Crippen molar-refractivity contribution in [2.75, 3.05) is 6.79 Å². The zero-order valence-corrected chi connectivity index (χ0v) is 15.7. The Balaban J connectivity index is 1.80. The summed E-state index contributed by atoms with van der Waals surface area (Å²) >= 11 is 3.51. The highest BCUT2D eigenvalue weighted by atomic mass is 79.9. The third-order valence-electron chi connectivity index (χ3n) is 4.53. The fraction of sp³-hybridized carbons (Fsp3) is 0.150. The van der Waals surface area contributed by atoms with E-state index < -0.39 is 5.91 Å². The minimum atomic E-state index is -0.428.